The van der Waals surface area contributed by atoms with Gasteiger partial charge >= 0.3 is 0 Å². The van der Waals surface area contributed by atoms with E-state index in [1.807, 2.05) is 19.9 Å². The number of aromatic amines is 1. The highest BCUT2D eigenvalue weighted by molar-refractivity contribution is 5.79. The third-order valence-electron chi connectivity index (χ3n) is 2.43. The number of amides is 2. The normalized spacial score (nSPS) is 10.1. The summed E-state index contributed by atoms with van der Waals surface area (Å²) in [6.45, 7) is 6.29. The lowest BCUT2D eigenvalue weighted by Crippen LogP contribution is -2.34. The second kappa shape index (κ2) is 6.08. The average molecular weight is 237 g/mol. The second-order valence-electron chi connectivity index (χ2n) is 4.11. The largest absolute Gasteiger partial charge is 0.362 e. The molecular formula is C12H19N3O2. The number of carbonyl (C=O) groups is 2. The van der Waals surface area contributed by atoms with Crippen LogP contribution in [-0.2, 0) is 16.0 Å². The van der Waals surface area contributed by atoms with E-state index in [9.17, 15) is 9.59 Å². The molecule has 0 radical (unpaired) electrons. The number of hydrogen-bond acceptors (Lipinski definition) is 2. The highest BCUT2D eigenvalue weighted by Crippen LogP contribution is 2.09. The van der Waals surface area contributed by atoms with E-state index in [0.29, 0.717) is 19.5 Å². The smallest absolute Gasteiger partial charge is 0.224 e. The van der Waals surface area contributed by atoms with E-state index >= 15 is 0 Å². The van der Waals surface area contributed by atoms with Crippen LogP contribution in [0, 0.1) is 13.8 Å². The Morgan fingerprint density at radius 1 is 1.24 bits per heavy atom. The zero-order chi connectivity index (χ0) is 12.8. The minimum atomic E-state index is -0.0867. The fourth-order valence-corrected chi connectivity index (χ4v) is 1.64. The molecule has 3 N–H and O–H groups in total. The maximum absolute atomic E-state index is 11.6. The molecule has 0 spiro atoms. The molecule has 94 valence electrons. The molecule has 0 aliphatic rings. The van der Waals surface area contributed by atoms with E-state index in [1.165, 1.54) is 6.92 Å². The Bertz CT molecular complexity index is 410. The van der Waals surface area contributed by atoms with Gasteiger partial charge in [-0.05, 0) is 25.5 Å². The number of H-pyrrole nitrogens is 1. The van der Waals surface area contributed by atoms with Gasteiger partial charge in [0, 0.05) is 31.4 Å². The monoisotopic (exact) mass is 237 g/mol. The summed E-state index contributed by atoms with van der Waals surface area (Å²) in [6, 6.07) is 1.97. The molecule has 5 nitrogen and oxygen atoms in total. The van der Waals surface area contributed by atoms with Crippen molar-refractivity contribution in [3.05, 3.63) is 23.0 Å². The first-order valence-corrected chi connectivity index (χ1v) is 5.65. The second-order valence-corrected chi connectivity index (χ2v) is 4.11. The van der Waals surface area contributed by atoms with Crippen molar-refractivity contribution in [3.63, 3.8) is 0 Å². The average Bonchev–Trinajstić information content (AvgIpc) is 2.52. The molecule has 0 saturated heterocycles. The molecule has 17 heavy (non-hydrogen) atoms. The van der Waals surface area contributed by atoms with Crippen LogP contribution in [0.5, 0.6) is 0 Å². The van der Waals surface area contributed by atoms with Crippen molar-refractivity contribution >= 4 is 11.8 Å². The van der Waals surface area contributed by atoms with Crippen molar-refractivity contribution in [2.75, 3.05) is 13.1 Å². The Balaban J connectivity index is 2.30. The highest BCUT2D eigenvalue weighted by atomic mass is 16.2. The minimum absolute atomic E-state index is 0.0301. The van der Waals surface area contributed by atoms with E-state index in [4.69, 9.17) is 0 Å². The molecule has 1 aromatic rings. The van der Waals surface area contributed by atoms with E-state index in [-0.39, 0.29) is 11.8 Å². The van der Waals surface area contributed by atoms with Crippen molar-refractivity contribution < 1.29 is 9.59 Å². The predicted molar refractivity (Wildman–Crippen MR) is 65.7 cm³/mol. The number of aromatic nitrogens is 1. The molecule has 5 heteroatoms. The van der Waals surface area contributed by atoms with Gasteiger partial charge in [-0.3, -0.25) is 9.59 Å². The molecular weight excluding hydrogens is 218 g/mol. The van der Waals surface area contributed by atoms with E-state index < -0.39 is 0 Å². The van der Waals surface area contributed by atoms with E-state index in [2.05, 4.69) is 15.6 Å². The third kappa shape index (κ3) is 4.72. The third-order valence-corrected chi connectivity index (χ3v) is 2.43. The maximum Gasteiger partial charge on any atom is 0.224 e. The first kappa shape index (κ1) is 13.3. The van der Waals surface area contributed by atoms with Crippen molar-refractivity contribution in [1.29, 1.82) is 0 Å². The van der Waals surface area contributed by atoms with Crippen molar-refractivity contribution in [2.45, 2.75) is 27.2 Å². The lowest BCUT2D eigenvalue weighted by Gasteiger charge is -2.05. The van der Waals surface area contributed by atoms with Crippen LogP contribution in [0.3, 0.4) is 0 Å². The van der Waals surface area contributed by atoms with Gasteiger partial charge in [0.2, 0.25) is 11.8 Å². The van der Waals surface area contributed by atoms with Crippen molar-refractivity contribution in [2.24, 2.45) is 0 Å². The molecule has 1 rings (SSSR count). The molecule has 0 fully saturated rings. The molecule has 1 aromatic heterocycles. The minimum Gasteiger partial charge on any atom is -0.362 e. The summed E-state index contributed by atoms with van der Waals surface area (Å²) < 4.78 is 0. The van der Waals surface area contributed by atoms with Crippen LogP contribution >= 0.6 is 0 Å². The molecule has 0 atom stereocenters. The first-order chi connectivity index (χ1) is 7.99. The van der Waals surface area contributed by atoms with Gasteiger partial charge in [-0.1, -0.05) is 0 Å². The first-order valence-electron chi connectivity index (χ1n) is 5.65. The number of nitrogens with one attached hydrogen (secondary N) is 3. The molecule has 1 heterocycles. The van der Waals surface area contributed by atoms with Crippen LogP contribution < -0.4 is 10.6 Å². The summed E-state index contributed by atoms with van der Waals surface area (Å²) in [6.07, 6.45) is 0.371. The summed E-state index contributed by atoms with van der Waals surface area (Å²) in [5, 5.41) is 5.38. The van der Waals surface area contributed by atoms with Crippen LogP contribution in [0.4, 0.5) is 0 Å². The quantitative estimate of drug-likeness (QED) is 0.650. The number of hydrogen-bond donors (Lipinski definition) is 3. The van der Waals surface area contributed by atoms with Gasteiger partial charge in [0.15, 0.2) is 0 Å². The number of carbonyl (C=O) groups excluding carboxylic acids is 2. The van der Waals surface area contributed by atoms with Gasteiger partial charge < -0.3 is 15.6 Å². The summed E-state index contributed by atoms with van der Waals surface area (Å²) in [5.74, 6) is -0.117. The summed E-state index contributed by atoms with van der Waals surface area (Å²) in [4.78, 5) is 25.3. The van der Waals surface area contributed by atoms with Gasteiger partial charge in [-0.2, -0.15) is 0 Å². The van der Waals surface area contributed by atoms with Gasteiger partial charge in [0.1, 0.15) is 0 Å². The van der Waals surface area contributed by atoms with Gasteiger partial charge in [-0.15, -0.1) is 0 Å². The molecule has 0 aliphatic carbocycles. The van der Waals surface area contributed by atoms with Crippen molar-refractivity contribution in [3.8, 4) is 0 Å². The Labute approximate surface area is 101 Å². The van der Waals surface area contributed by atoms with Crippen LogP contribution in [0.25, 0.3) is 0 Å². The van der Waals surface area contributed by atoms with Gasteiger partial charge in [0.25, 0.3) is 0 Å². The van der Waals surface area contributed by atoms with E-state index in [1.54, 1.807) is 0 Å². The molecule has 2 amide bonds. The Morgan fingerprint density at radius 3 is 2.41 bits per heavy atom. The van der Waals surface area contributed by atoms with E-state index in [0.717, 1.165) is 17.0 Å². The lowest BCUT2D eigenvalue weighted by molar-refractivity contribution is -0.121. The standard InChI is InChI=1S/C12H19N3O2/c1-8-6-11(9(2)15-8)7-12(17)14-5-4-13-10(3)16/h6,15H,4-5,7H2,1-3H3,(H,13,16)(H,14,17). The Morgan fingerprint density at radius 2 is 1.88 bits per heavy atom. The summed E-state index contributed by atoms with van der Waals surface area (Å²) >= 11 is 0. The lowest BCUT2D eigenvalue weighted by atomic mass is 10.1. The van der Waals surface area contributed by atoms with Crippen LogP contribution in [-0.4, -0.2) is 29.9 Å². The SMILES string of the molecule is CC(=O)NCCNC(=O)Cc1cc(C)[nH]c1C. The van der Waals surface area contributed by atoms with Gasteiger partial charge in [-0.25, -0.2) is 0 Å². The Hall–Kier alpha value is -1.78. The van der Waals surface area contributed by atoms with Crippen LogP contribution in [0.15, 0.2) is 6.07 Å². The highest BCUT2D eigenvalue weighted by Gasteiger charge is 2.07. The molecule has 0 aliphatic heterocycles. The van der Waals surface area contributed by atoms with Gasteiger partial charge in [0.05, 0.1) is 6.42 Å². The topological polar surface area (TPSA) is 74.0 Å². The molecule has 0 aromatic carbocycles. The summed E-state index contributed by atoms with van der Waals surface area (Å²) in [5.41, 5.74) is 3.10. The fourth-order valence-electron chi connectivity index (χ4n) is 1.64. The number of rotatable bonds is 5. The maximum atomic E-state index is 11.6. The molecule has 0 bridgehead atoms. The van der Waals surface area contributed by atoms with Crippen LogP contribution in [0.2, 0.25) is 0 Å². The molecule has 0 saturated carbocycles. The number of aryl methyl sites for hydroxylation is 2. The fraction of sp³-hybridized carbons (Fsp3) is 0.500. The zero-order valence-corrected chi connectivity index (χ0v) is 10.5. The molecule has 0 unspecified atom stereocenters. The summed E-state index contributed by atoms with van der Waals surface area (Å²) in [7, 11) is 0. The Kier molecular flexibility index (Phi) is 4.75. The van der Waals surface area contributed by atoms with Crippen molar-refractivity contribution in [1.82, 2.24) is 15.6 Å². The predicted octanol–water partition coefficient (Wildman–Crippen LogP) is 0.426. The van der Waals surface area contributed by atoms with Crippen LogP contribution in [0.1, 0.15) is 23.9 Å². The zero-order valence-electron chi connectivity index (χ0n) is 10.5.